The summed E-state index contributed by atoms with van der Waals surface area (Å²) in [7, 11) is 0. The van der Waals surface area contributed by atoms with Crippen molar-refractivity contribution in [3.63, 3.8) is 0 Å². The van der Waals surface area contributed by atoms with Gasteiger partial charge in [-0.3, -0.25) is 9.59 Å². The minimum absolute atomic E-state index is 0.0349. The second-order valence-electron chi connectivity index (χ2n) is 4.74. The van der Waals surface area contributed by atoms with Crippen molar-refractivity contribution >= 4 is 22.8 Å². The van der Waals surface area contributed by atoms with E-state index in [2.05, 4.69) is 0 Å². The van der Waals surface area contributed by atoms with Crippen LogP contribution in [0.15, 0.2) is 11.6 Å². The molecule has 0 aromatic carbocycles. The van der Waals surface area contributed by atoms with Gasteiger partial charge in [0, 0.05) is 11.3 Å². The van der Waals surface area contributed by atoms with E-state index in [1.165, 1.54) is 11.8 Å². The Morgan fingerprint density at radius 1 is 1.60 bits per heavy atom. The monoisotopic (exact) mass is 226 g/mol. The van der Waals surface area contributed by atoms with Crippen LogP contribution in [0.25, 0.3) is 0 Å². The number of hydrogen-bond acceptors (Lipinski definition) is 3. The van der Waals surface area contributed by atoms with Gasteiger partial charge in [0.05, 0.1) is 5.92 Å². The summed E-state index contributed by atoms with van der Waals surface area (Å²) in [6, 6.07) is 0. The summed E-state index contributed by atoms with van der Waals surface area (Å²) in [6.45, 7) is 3.89. The van der Waals surface area contributed by atoms with E-state index in [4.69, 9.17) is 5.11 Å². The first-order valence-electron chi connectivity index (χ1n) is 5.05. The van der Waals surface area contributed by atoms with Gasteiger partial charge in [-0.1, -0.05) is 31.7 Å². The highest BCUT2D eigenvalue weighted by Crippen LogP contribution is 2.59. The summed E-state index contributed by atoms with van der Waals surface area (Å²) in [6.07, 6.45) is 2.68. The Kier molecular flexibility index (Phi) is 2.41. The maximum absolute atomic E-state index is 11.4. The van der Waals surface area contributed by atoms with Crippen LogP contribution < -0.4 is 0 Å². The number of carboxylic acid groups (broad SMARTS) is 1. The van der Waals surface area contributed by atoms with Gasteiger partial charge in [-0.05, 0) is 17.8 Å². The lowest BCUT2D eigenvalue weighted by molar-refractivity contribution is -0.139. The number of carboxylic acids is 1. The highest BCUT2D eigenvalue weighted by atomic mass is 32.2. The van der Waals surface area contributed by atoms with Gasteiger partial charge >= 0.3 is 5.97 Å². The number of aliphatic carboxylic acids is 1. The van der Waals surface area contributed by atoms with E-state index in [0.29, 0.717) is 0 Å². The highest BCUT2D eigenvalue weighted by molar-refractivity contribution is 8.14. The molecule has 0 radical (unpaired) electrons. The molecule has 3 nitrogen and oxygen atoms in total. The Balaban J connectivity index is 2.15. The van der Waals surface area contributed by atoms with Crippen LogP contribution in [0.5, 0.6) is 0 Å². The number of carbonyl (C=O) groups is 2. The molecule has 1 saturated carbocycles. The van der Waals surface area contributed by atoms with Gasteiger partial charge in [0.25, 0.3) is 0 Å². The molecule has 1 saturated heterocycles. The van der Waals surface area contributed by atoms with Gasteiger partial charge in [-0.25, -0.2) is 0 Å². The van der Waals surface area contributed by atoms with Crippen LogP contribution >= 0.6 is 11.8 Å². The molecule has 1 aliphatic carbocycles. The fourth-order valence-electron chi connectivity index (χ4n) is 2.28. The molecule has 0 aromatic heterocycles. The predicted octanol–water partition coefficient (Wildman–Crippen LogP) is 1.93. The molecule has 2 atom stereocenters. The van der Waals surface area contributed by atoms with Gasteiger partial charge < -0.3 is 5.11 Å². The topological polar surface area (TPSA) is 54.4 Å². The van der Waals surface area contributed by atoms with Gasteiger partial charge in [0.2, 0.25) is 5.12 Å². The van der Waals surface area contributed by atoms with Crippen molar-refractivity contribution in [3.8, 4) is 0 Å². The minimum Gasteiger partial charge on any atom is -0.481 e. The molecular weight excluding hydrogens is 212 g/mol. The third-order valence-corrected chi connectivity index (χ3v) is 4.36. The summed E-state index contributed by atoms with van der Waals surface area (Å²) >= 11 is 1.33. The number of thioether (sulfide) groups is 1. The molecule has 82 valence electrons. The largest absolute Gasteiger partial charge is 0.481 e. The lowest BCUT2D eigenvalue weighted by Gasteiger charge is -1.97. The summed E-state index contributed by atoms with van der Waals surface area (Å²) in [5.41, 5.74) is 0.633. The average Bonchev–Trinajstić information content (AvgIpc) is 2.47. The first-order chi connectivity index (χ1) is 6.94. The maximum atomic E-state index is 11.4. The molecule has 1 aliphatic heterocycles. The van der Waals surface area contributed by atoms with Crippen LogP contribution in [-0.4, -0.2) is 21.9 Å². The number of allylic oxidation sites excluding steroid dienone is 1. The van der Waals surface area contributed by atoms with Crippen LogP contribution in [0.4, 0.5) is 0 Å². The second-order valence-corrected chi connectivity index (χ2v) is 5.81. The fourth-order valence-corrected chi connectivity index (χ4v) is 3.14. The molecule has 0 amide bonds. The summed E-state index contributed by atoms with van der Waals surface area (Å²) < 4.78 is 0. The lowest BCUT2D eigenvalue weighted by Crippen LogP contribution is -2.03. The Morgan fingerprint density at radius 2 is 2.27 bits per heavy atom. The molecule has 0 aromatic rings. The molecule has 0 unspecified atom stereocenters. The minimum atomic E-state index is -0.750. The van der Waals surface area contributed by atoms with Gasteiger partial charge in [0.1, 0.15) is 0 Å². The summed E-state index contributed by atoms with van der Waals surface area (Å²) in [5, 5.41) is 9.11. The van der Waals surface area contributed by atoms with Crippen molar-refractivity contribution in [2.45, 2.75) is 20.3 Å². The molecule has 2 rings (SSSR count). The first-order valence-corrected chi connectivity index (χ1v) is 6.04. The highest BCUT2D eigenvalue weighted by Gasteiger charge is 2.61. The van der Waals surface area contributed by atoms with Gasteiger partial charge in [-0.2, -0.15) is 0 Å². The van der Waals surface area contributed by atoms with Crippen LogP contribution in [0.2, 0.25) is 0 Å². The molecule has 1 N–H and O–H groups in total. The van der Waals surface area contributed by atoms with E-state index in [1.54, 1.807) is 0 Å². The van der Waals surface area contributed by atoms with Crippen LogP contribution in [0.1, 0.15) is 20.3 Å². The smallest absolute Gasteiger partial charge is 0.307 e. The van der Waals surface area contributed by atoms with Crippen molar-refractivity contribution in [2.75, 3.05) is 5.75 Å². The van der Waals surface area contributed by atoms with E-state index >= 15 is 0 Å². The van der Waals surface area contributed by atoms with Crippen molar-refractivity contribution < 1.29 is 14.7 Å². The Hall–Kier alpha value is -0.770. The third-order valence-electron chi connectivity index (χ3n) is 3.42. The lowest BCUT2D eigenvalue weighted by atomic mass is 10.1. The Labute approximate surface area is 92.9 Å². The van der Waals surface area contributed by atoms with E-state index in [1.807, 2.05) is 19.9 Å². The van der Waals surface area contributed by atoms with Crippen LogP contribution in [0, 0.1) is 17.3 Å². The molecule has 2 aliphatic rings. The normalized spacial score (nSPS) is 35.9. The van der Waals surface area contributed by atoms with E-state index in [0.717, 1.165) is 17.7 Å². The Bertz CT molecular complexity index is 357. The zero-order valence-electron chi connectivity index (χ0n) is 8.82. The molecule has 0 spiro atoms. The first kappa shape index (κ1) is 10.7. The van der Waals surface area contributed by atoms with Crippen LogP contribution in [0.3, 0.4) is 0 Å². The van der Waals surface area contributed by atoms with E-state index < -0.39 is 5.97 Å². The quantitative estimate of drug-likeness (QED) is 0.731. The zero-order chi connectivity index (χ0) is 11.2. The summed E-state index contributed by atoms with van der Waals surface area (Å²) in [4.78, 5) is 22.3. The molecule has 0 bridgehead atoms. The maximum Gasteiger partial charge on any atom is 0.307 e. The van der Waals surface area contributed by atoms with E-state index in [9.17, 15) is 9.59 Å². The molecule has 15 heavy (non-hydrogen) atoms. The van der Waals surface area contributed by atoms with E-state index in [-0.39, 0.29) is 22.4 Å². The van der Waals surface area contributed by atoms with Crippen molar-refractivity contribution in [3.05, 3.63) is 11.6 Å². The zero-order valence-corrected chi connectivity index (χ0v) is 9.63. The second kappa shape index (κ2) is 3.37. The van der Waals surface area contributed by atoms with Crippen LogP contribution in [-0.2, 0) is 9.59 Å². The fraction of sp³-hybridized carbons (Fsp3) is 0.636. The number of hydrogen-bond donors (Lipinski definition) is 1. The molecule has 4 heteroatoms. The Morgan fingerprint density at radius 3 is 2.67 bits per heavy atom. The third kappa shape index (κ3) is 1.71. The number of rotatable bonds is 2. The van der Waals surface area contributed by atoms with Gasteiger partial charge in [0.15, 0.2) is 0 Å². The molecule has 2 fully saturated rings. The number of carbonyl (C=O) groups excluding carboxylic acids is 1. The predicted molar refractivity (Wildman–Crippen MR) is 58.6 cm³/mol. The van der Waals surface area contributed by atoms with Gasteiger partial charge in [-0.15, -0.1) is 0 Å². The average molecular weight is 226 g/mol. The summed E-state index contributed by atoms with van der Waals surface area (Å²) in [5.74, 6) is -0.189. The van der Waals surface area contributed by atoms with Crippen molar-refractivity contribution in [2.24, 2.45) is 17.3 Å². The van der Waals surface area contributed by atoms with Crippen molar-refractivity contribution in [1.29, 1.82) is 0 Å². The SMILES string of the molecule is CC1(C)[C@H](C=C2CCSC2=O)[C@H]1C(=O)O. The molecular formula is C11H14O3S. The standard InChI is InChI=1S/C11H14O3S/c1-11(2)7(8(11)9(12)13)5-6-3-4-15-10(6)14/h5,7-8H,3-4H2,1-2H3,(H,12,13)/t7-,8+/m1/s1. The molecule has 1 heterocycles. The van der Waals surface area contributed by atoms with Crippen molar-refractivity contribution in [1.82, 2.24) is 0 Å².